The van der Waals surface area contributed by atoms with Gasteiger partial charge in [0.15, 0.2) is 0 Å². The fourth-order valence-corrected chi connectivity index (χ4v) is 3.97. The molecule has 0 saturated heterocycles. The molecule has 2 aromatic rings. The number of benzene rings is 2. The summed E-state index contributed by atoms with van der Waals surface area (Å²) in [5.41, 5.74) is 3.64. The number of hydrogen-bond donors (Lipinski definition) is 1. The first-order valence-corrected chi connectivity index (χ1v) is 8.80. The quantitative estimate of drug-likeness (QED) is 0.697. The second kappa shape index (κ2) is 7.20. The van der Waals surface area contributed by atoms with Gasteiger partial charge < -0.3 is 5.11 Å². The molecule has 0 amide bonds. The second-order valence-electron chi connectivity index (χ2n) is 6.38. The van der Waals surface area contributed by atoms with Crippen LogP contribution in [0, 0.1) is 0 Å². The molecule has 130 valence electrons. The third-order valence-electron chi connectivity index (χ3n) is 4.78. The van der Waals surface area contributed by atoms with Crippen molar-refractivity contribution in [2.75, 3.05) is 7.05 Å². The minimum absolute atomic E-state index is 0.132. The molecule has 25 heavy (non-hydrogen) atoms. The Morgan fingerprint density at radius 3 is 2.72 bits per heavy atom. The number of rotatable bonds is 5. The van der Waals surface area contributed by atoms with E-state index in [1.165, 1.54) is 0 Å². The fourth-order valence-electron chi connectivity index (χ4n) is 3.66. The van der Waals surface area contributed by atoms with Gasteiger partial charge in [-0.15, -0.1) is 6.58 Å². The average molecular weight is 376 g/mol. The van der Waals surface area contributed by atoms with Gasteiger partial charge in [0.2, 0.25) is 0 Å². The third kappa shape index (κ3) is 3.45. The molecule has 1 aliphatic heterocycles. The van der Waals surface area contributed by atoms with Gasteiger partial charge in [0.1, 0.15) is 0 Å². The predicted octanol–water partition coefficient (Wildman–Crippen LogP) is 5.54. The smallest absolute Gasteiger partial charge is 0.335 e. The summed E-state index contributed by atoms with van der Waals surface area (Å²) in [4.78, 5) is 13.5. The Morgan fingerprint density at radius 1 is 1.32 bits per heavy atom. The zero-order valence-electron chi connectivity index (χ0n) is 13.9. The third-order valence-corrected chi connectivity index (χ3v) is 5.52. The minimum atomic E-state index is -0.902. The van der Waals surface area contributed by atoms with Gasteiger partial charge >= 0.3 is 5.97 Å². The molecule has 0 aliphatic carbocycles. The molecule has 5 heteroatoms. The van der Waals surface area contributed by atoms with Gasteiger partial charge in [0, 0.05) is 18.5 Å². The Kier molecular flexibility index (Phi) is 5.19. The lowest BCUT2D eigenvalue weighted by Gasteiger charge is -2.30. The Labute approximate surface area is 157 Å². The fraction of sp³-hybridized carbons (Fsp3) is 0.250. The van der Waals surface area contributed by atoms with E-state index in [4.69, 9.17) is 23.2 Å². The summed E-state index contributed by atoms with van der Waals surface area (Å²) in [5, 5.41) is 10.3. The molecule has 0 aromatic heterocycles. The number of likely N-dealkylation sites (N-methyl/N-ethyl adjacent to an activating group) is 1. The highest BCUT2D eigenvalue weighted by molar-refractivity contribution is 6.42. The summed E-state index contributed by atoms with van der Waals surface area (Å²) in [6.45, 7) is 4.62. The second-order valence-corrected chi connectivity index (χ2v) is 7.20. The molecule has 2 aromatic carbocycles. The van der Waals surface area contributed by atoms with E-state index < -0.39 is 5.97 Å². The number of hydrogen-bond acceptors (Lipinski definition) is 2. The normalized spacial score (nSPS) is 18.0. The lowest BCUT2D eigenvalue weighted by Crippen LogP contribution is -2.23. The predicted molar refractivity (Wildman–Crippen MR) is 102 cm³/mol. The number of halogens is 2. The first kappa shape index (κ1) is 18.0. The van der Waals surface area contributed by atoms with Crippen molar-refractivity contribution in [3.8, 4) is 0 Å². The number of carbonyl (C=O) groups is 1. The molecule has 0 saturated carbocycles. The molecule has 0 radical (unpaired) electrons. The Morgan fingerprint density at radius 2 is 2.08 bits per heavy atom. The standard InChI is InChI=1S/C20H19Cl2NO2/c1-3-4-15(12-6-8-17(21)18(22)10-12)19-16-7-5-13(20(24)25)9-14(16)11-23(19)2/h3,5-10,15,19H,1,4,11H2,2H3,(H,24,25). The van der Waals surface area contributed by atoms with Gasteiger partial charge in [-0.1, -0.05) is 41.4 Å². The Balaban J connectivity index is 2.04. The maximum Gasteiger partial charge on any atom is 0.335 e. The number of carboxylic acids is 1. The van der Waals surface area contributed by atoms with E-state index in [0.717, 1.165) is 29.7 Å². The summed E-state index contributed by atoms with van der Waals surface area (Å²) in [6, 6.07) is 11.2. The summed E-state index contributed by atoms with van der Waals surface area (Å²) < 4.78 is 0. The van der Waals surface area contributed by atoms with Gasteiger partial charge in [-0.2, -0.15) is 0 Å². The van der Waals surface area contributed by atoms with Crippen LogP contribution >= 0.6 is 23.2 Å². The van der Waals surface area contributed by atoms with Crippen LogP contribution in [0.25, 0.3) is 0 Å². The molecule has 2 atom stereocenters. The zero-order chi connectivity index (χ0) is 18.1. The Hall–Kier alpha value is -1.81. The first-order valence-electron chi connectivity index (χ1n) is 8.04. The van der Waals surface area contributed by atoms with Crippen LogP contribution in [0.1, 0.15) is 45.4 Å². The Bertz CT molecular complexity index is 834. The van der Waals surface area contributed by atoms with E-state index in [0.29, 0.717) is 15.6 Å². The van der Waals surface area contributed by atoms with Crippen LogP contribution in [-0.2, 0) is 6.54 Å². The maximum atomic E-state index is 11.2. The van der Waals surface area contributed by atoms with Gasteiger partial charge in [0.05, 0.1) is 15.6 Å². The van der Waals surface area contributed by atoms with Crippen molar-refractivity contribution in [1.82, 2.24) is 4.90 Å². The van der Waals surface area contributed by atoms with Gasteiger partial charge in [-0.3, -0.25) is 4.90 Å². The van der Waals surface area contributed by atoms with Crippen LogP contribution in [-0.4, -0.2) is 23.0 Å². The van der Waals surface area contributed by atoms with Crippen LogP contribution in [0.15, 0.2) is 49.1 Å². The van der Waals surface area contributed by atoms with Gasteiger partial charge in [0.25, 0.3) is 0 Å². The molecule has 0 spiro atoms. The lowest BCUT2D eigenvalue weighted by atomic mass is 9.84. The van der Waals surface area contributed by atoms with Crippen molar-refractivity contribution in [2.24, 2.45) is 0 Å². The summed E-state index contributed by atoms with van der Waals surface area (Å²) in [5.74, 6) is -0.741. The van der Waals surface area contributed by atoms with E-state index in [2.05, 4.69) is 18.5 Å². The van der Waals surface area contributed by atoms with Crippen molar-refractivity contribution in [3.05, 3.63) is 81.4 Å². The highest BCUT2D eigenvalue weighted by atomic mass is 35.5. The van der Waals surface area contributed by atoms with Crippen molar-refractivity contribution in [2.45, 2.75) is 24.9 Å². The molecule has 3 nitrogen and oxygen atoms in total. The lowest BCUT2D eigenvalue weighted by molar-refractivity contribution is 0.0696. The van der Waals surface area contributed by atoms with Crippen LogP contribution in [0.3, 0.4) is 0 Å². The highest BCUT2D eigenvalue weighted by Gasteiger charge is 2.34. The summed E-state index contributed by atoms with van der Waals surface area (Å²) >= 11 is 12.3. The maximum absolute atomic E-state index is 11.2. The number of aromatic carboxylic acids is 1. The molecule has 1 aliphatic rings. The SMILES string of the molecule is C=CCC(c1ccc(Cl)c(Cl)c1)C1c2ccc(C(=O)O)cc2CN1C. The molecule has 3 rings (SSSR count). The van der Waals surface area contributed by atoms with Crippen molar-refractivity contribution >= 4 is 29.2 Å². The molecule has 0 fully saturated rings. The molecular formula is C20H19Cl2NO2. The van der Waals surface area contributed by atoms with E-state index in [1.54, 1.807) is 12.1 Å². The first-order chi connectivity index (χ1) is 11.9. The molecular weight excluding hydrogens is 357 g/mol. The number of allylic oxidation sites excluding steroid dienone is 1. The van der Waals surface area contributed by atoms with Crippen LogP contribution < -0.4 is 0 Å². The minimum Gasteiger partial charge on any atom is -0.478 e. The largest absolute Gasteiger partial charge is 0.478 e. The molecule has 1 heterocycles. The van der Waals surface area contributed by atoms with Crippen molar-refractivity contribution in [1.29, 1.82) is 0 Å². The van der Waals surface area contributed by atoms with Gasteiger partial charge in [-0.05, 0) is 54.4 Å². The number of carboxylic acid groups (broad SMARTS) is 1. The average Bonchev–Trinajstić information content (AvgIpc) is 2.90. The molecule has 1 N–H and O–H groups in total. The van der Waals surface area contributed by atoms with E-state index in [9.17, 15) is 9.90 Å². The summed E-state index contributed by atoms with van der Waals surface area (Å²) in [7, 11) is 2.05. The van der Waals surface area contributed by atoms with Gasteiger partial charge in [-0.25, -0.2) is 4.79 Å². The molecule has 2 unspecified atom stereocenters. The number of fused-ring (bicyclic) bond motifs is 1. The topological polar surface area (TPSA) is 40.5 Å². The van der Waals surface area contributed by atoms with E-state index in [1.807, 2.05) is 30.3 Å². The van der Waals surface area contributed by atoms with Crippen molar-refractivity contribution < 1.29 is 9.90 Å². The molecule has 0 bridgehead atoms. The summed E-state index contributed by atoms with van der Waals surface area (Å²) in [6.07, 6.45) is 2.69. The zero-order valence-corrected chi connectivity index (χ0v) is 15.4. The van der Waals surface area contributed by atoms with Crippen LogP contribution in [0.2, 0.25) is 10.0 Å². The van der Waals surface area contributed by atoms with E-state index >= 15 is 0 Å². The van der Waals surface area contributed by atoms with Crippen LogP contribution in [0.5, 0.6) is 0 Å². The van der Waals surface area contributed by atoms with E-state index in [-0.39, 0.29) is 12.0 Å². The highest BCUT2D eigenvalue weighted by Crippen LogP contribution is 2.45. The number of nitrogens with zero attached hydrogens (tertiary/aromatic N) is 1. The van der Waals surface area contributed by atoms with Crippen molar-refractivity contribution in [3.63, 3.8) is 0 Å². The van der Waals surface area contributed by atoms with Crippen LogP contribution in [0.4, 0.5) is 0 Å². The monoisotopic (exact) mass is 375 g/mol.